The Bertz CT molecular complexity index is 120. The normalized spacial score (nSPS) is 8.36. The highest BCUT2D eigenvalue weighted by molar-refractivity contribution is 7.12. The van der Waals surface area contributed by atoms with Gasteiger partial charge in [0.2, 0.25) is 0 Å². The summed E-state index contributed by atoms with van der Waals surface area (Å²) in [4.78, 5) is 0. The minimum Gasteiger partial charge on any atom is -0.104 e. The van der Waals surface area contributed by atoms with Crippen molar-refractivity contribution < 1.29 is 0 Å². The standard InChI is InChI=1S/C9H15B2/c1-4-7-10-11(8-5-2)9-6-3/h4-6H,1-3,7-9H2. The molecule has 0 fully saturated rings. The first-order valence-corrected chi connectivity index (χ1v) is 4.01. The zero-order valence-electron chi connectivity index (χ0n) is 7.13. The van der Waals surface area contributed by atoms with Crippen molar-refractivity contribution in [1.29, 1.82) is 0 Å². The van der Waals surface area contributed by atoms with Gasteiger partial charge in [0.1, 0.15) is 6.60 Å². The second-order valence-electron chi connectivity index (χ2n) is 2.57. The van der Waals surface area contributed by atoms with Crippen molar-refractivity contribution in [1.82, 2.24) is 0 Å². The average Bonchev–Trinajstić information content (AvgIpc) is 2.01. The molecule has 0 nitrogen and oxygen atoms in total. The molecule has 57 valence electrons. The fourth-order valence-electron chi connectivity index (χ4n) is 1.01. The fraction of sp³-hybridized carbons (Fsp3) is 0.333. The monoisotopic (exact) mass is 145 g/mol. The average molecular weight is 145 g/mol. The van der Waals surface area contributed by atoms with Crippen LogP contribution in [0.4, 0.5) is 0 Å². The van der Waals surface area contributed by atoms with Gasteiger partial charge in [-0.25, -0.2) is 0 Å². The molecule has 0 aliphatic carbocycles. The summed E-state index contributed by atoms with van der Waals surface area (Å²) in [7, 11) is 2.26. The van der Waals surface area contributed by atoms with Gasteiger partial charge >= 0.3 is 0 Å². The first-order valence-electron chi connectivity index (χ1n) is 4.01. The molecular formula is C9H15B2. The molecule has 0 bridgehead atoms. The second kappa shape index (κ2) is 7.46. The summed E-state index contributed by atoms with van der Waals surface area (Å²) in [6.07, 6.45) is 8.88. The highest BCUT2D eigenvalue weighted by atomic mass is 13.7. The SMILES string of the molecule is C=CC[B]B(CC=C)CC=C. The summed E-state index contributed by atoms with van der Waals surface area (Å²) in [6, 6.07) is 0. The van der Waals surface area contributed by atoms with Crippen LogP contribution in [0.2, 0.25) is 19.0 Å². The van der Waals surface area contributed by atoms with E-state index in [-0.39, 0.29) is 0 Å². The molecule has 0 amide bonds. The van der Waals surface area contributed by atoms with Gasteiger partial charge in [-0.3, -0.25) is 0 Å². The summed E-state index contributed by atoms with van der Waals surface area (Å²) in [5.41, 5.74) is 0. The predicted octanol–water partition coefficient (Wildman–Crippen LogP) is 2.66. The van der Waals surface area contributed by atoms with Gasteiger partial charge in [-0.15, -0.1) is 25.8 Å². The van der Waals surface area contributed by atoms with Gasteiger partial charge in [0.25, 0.3) is 0 Å². The van der Waals surface area contributed by atoms with Crippen molar-refractivity contribution in [3.63, 3.8) is 0 Å². The topological polar surface area (TPSA) is 0 Å². The van der Waals surface area contributed by atoms with E-state index in [1.165, 1.54) is 0 Å². The van der Waals surface area contributed by atoms with E-state index >= 15 is 0 Å². The van der Waals surface area contributed by atoms with Crippen LogP contribution < -0.4 is 0 Å². The van der Waals surface area contributed by atoms with Crippen LogP contribution >= 0.6 is 0 Å². The van der Waals surface area contributed by atoms with Crippen LogP contribution in [0.15, 0.2) is 38.0 Å². The highest BCUT2D eigenvalue weighted by Crippen LogP contribution is 2.01. The maximum Gasteiger partial charge on any atom is 0.110 e. The quantitative estimate of drug-likeness (QED) is 0.381. The van der Waals surface area contributed by atoms with Crippen LogP contribution in [0.1, 0.15) is 0 Å². The first kappa shape index (κ1) is 10.3. The molecule has 0 unspecified atom stereocenters. The molecule has 0 atom stereocenters. The molecule has 0 aromatic carbocycles. The summed E-state index contributed by atoms with van der Waals surface area (Å²) < 4.78 is 0. The van der Waals surface area contributed by atoms with Crippen molar-refractivity contribution in [2.75, 3.05) is 0 Å². The van der Waals surface area contributed by atoms with Crippen LogP contribution in [0, 0.1) is 0 Å². The molecule has 0 aromatic rings. The Labute approximate surface area is 71.4 Å². The summed E-state index contributed by atoms with van der Waals surface area (Å²) in [6.45, 7) is 11.7. The molecule has 0 heterocycles. The van der Waals surface area contributed by atoms with Crippen LogP contribution in [-0.4, -0.2) is 13.8 Å². The van der Waals surface area contributed by atoms with Crippen molar-refractivity contribution in [3.05, 3.63) is 38.0 Å². The van der Waals surface area contributed by atoms with Crippen LogP contribution in [0.5, 0.6) is 0 Å². The van der Waals surface area contributed by atoms with E-state index < -0.39 is 0 Å². The van der Waals surface area contributed by atoms with Gasteiger partial charge in [0.05, 0.1) is 7.17 Å². The van der Waals surface area contributed by atoms with E-state index in [0.29, 0.717) is 6.60 Å². The lowest BCUT2D eigenvalue weighted by Gasteiger charge is -2.04. The molecule has 1 radical (unpaired) electrons. The Morgan fingerprint density at radius 2 is 1.55 bits per heavy atom. The van der Waals surface area contributed by atoms with Crippen molar-refractivity contribution in [2.24, 2.45) is 0 Å². The molecule has 0 rings (SSSR count). The number of hydrogen-bond donors (Lipinski definition) is 0. The van der Waals surface area contributed by atoms with E-state index in [4.69, 9.17) is 0 Å². The van der Waals surface area contributed by atoms with E-state index in [0.717, 1.165) is 19.0 Å². The number of allylic oxidation sites excluding steroid dienone is 3. The van der Waals surface area contributed by atoms with Crippen LogP contribution in [-0.2, 0) is 0 Å². The summed E-state index contributed by atoms with van der Waals surface area (Å²) >= 11 is 0. The lowest BCUT2D eigenvalue weighted by molar-refractivity contribution is 1.57. The number of hydrogen-bond acceptors (Lipinski definition) is 0. The maximum absolute atomic E-state index is 3.71. The Balaban J connectivity index is 3.57. The third kappa shape index (κ3) is 5.78. The number of rotatable bonds is 7. The Kier molecular flexibility index (Phi) is 7.02. The molecule has 11 heavy (non-hydrogen) atoms. The maximum atomic E-state index is 3.71. The fourth-order valence-corrected chi connectivity index (χ4v) is 1.01. The molecule has 0 aromatic heterocycles. The zero-order chi connectivity index (χ0) is 8.53. The smallest absolute Gasteiger partial charge is 0.104 e. The summed E-state index contributed by atoms with van der Waals surface area (Å²) in [5.74, 6) is 0. The van der Waals surface area contributed by atoms with Crippen molar-refractivity contribution >= 4 is 13.8 Å². The van der Waals surface area contributed by atoms with E-state index in [9.17, 15) is 0 Å². The van der Waals surface area contributed by atoms with Gasteiger partial charge in [-0.2, -0.15) is 0 Å². The third-order valence-corrected chi connectivity index (χ3v) is 1.57. The lowest BCUT2D eigenvalue weighted by Crippen LogP contribution is -2.19. The second-order valence-corrected chi connectivity index (χ2v) is 2.57. The largest absolute Gasteiger partial charge is 0.110 e. The van der Waals surface area contributed by atoms with Gasteiger partial charge in [-0.1, -0.05) is 31.1 Å². The van der Waals surface area contributed by atoms with Gasteiger partial charge in [-0.05, 0) is 0 Å². The zero-order valence-corrected chi connectivity index (χ0v) is 7.13. The van der Waals surface area contributed by atoms with Crippen molar-refractivity contribution in [3.8, 4) is 0 Å². The van der Waals surface area contributed by atoms with Crippen LogP contribution in [0.25, 0.3) is 0 Å². The third-order valence-electron chi connectivity index (χ3n) is 1.57. The highest BCUT2D eigenvalue weighted by Gasteiger charge is 2.08. The van der Waals surface area contributed by atoms with Crippen LogP contribution in [0.3, 0.4) is 0 Å². The van der Waals surface area contributed by atoms with Gasteiger partial charge < -0.3 is 0 Å². The minimum atomic E-state index is 0.600. The van der Waals surface area contributed by atoms with Crippen molar-refractivity contribution in [2.45, 2.75) is 19.0 Å². The van der Waals surface area contributed by atoms with Gasteiger partial charge in [0, 0.05) is 0 Å². The lowest BCUT2D eigenvalue weighted by atomic mass is 9.18. The molecule has 2 heteroatoms. The summed E-state index contributed by atoms with van der Waals surface area (Å²) in [5, 5.41) is 0. The molecular weight excluding hydrogens is 130 g/mol. The molecule has 0 spiro atoms. The van der Waals surface area contributed by atoms with E-state index in [1.54, 1.807) is 0 Å². The predicted molar refractivity (Wildman–Crippen MR) is 56.5 cm³/mol. The molecule has 0 saturated heterocycles. The Hall–Kier alpha value is -0.650. The van der Waals surface area contributed by atoms with Gasteiger partial charge in [0.15, 0.2) is 0 Å². The molecule has 0 aliphatic rings. The minimum absolute atomic E-state index is 0.600. The van der Waals surface area contributed by atoms with E-state index in [2.05, 4.69) is 26.9 Å². The molecule has 0 N–H and O–H groups in total. The molecule has 0 aliphatic heterocycles. The Morgan fingerprint density at radius 3 is 1.91 bits per heavy atom. The molecule has 0 saturated carbocycles. The van der Waals surface area contributed by atoms with E-state index in [1.807, 2.05) is 18.2 Å². The Morgan fingerprint density at radius 1 is 1.00 bits per heavy atom. The first-order chi connectivity index (χ1) is 5.35.